The second-order valence-electron chi connectivity index (χ2n) is 5.60. The molecule has 0 bridgehead atoms. The van der Waals surface area contributed by atoms with Crippen LogP contribution in [0.15, 0.2) is 36.5 Å². The van der Waals surface area contributed by atoms with Crippen LogP contribution in [0, 0.1) is 6.92 Å². The second-order valence-corrected chi connectivity index (χ2v) is 5.60. The van der Waals surface area contributed by atoms with Crippen LogP contribution in [0.25, 0.3) is 0 Å². The number of carbonyl (C=O) groups is 1. The maximum atomic E-state index is 12.3. The Morgan fingerprint density at radius 1 is 1.33 bits per heavy atom. The Morgan fingerprint density at radius 2 is 2.12 bits per heavy atom. The number of amides is 1. The molecule has 7 heteroatoms. The summed E-state index contributed by atoms with van der Waals surface area (Å²) in [6, 6.07) is 8.81. The largest absolute Gasteiger partial charge is 0.424 e. The Hall–Kier alpha value is -2.51. The fourth-order valence-electron chi connectivity index (χ4n) is 2.43. The smallest absolute Gasteiger partial charge is 0.322 e. The van der Waals surface area contributed by atoms with Gasteiger partial charge in [-0.15, -0.1) is 0 Å². The van der Waals surface area contributed by atoms with Gasteiger partial charge in [0.25, 0.3) is 0 Å². The van der Waals surface area contributed by atoms with Crippen LogP contribution in [0.5, 0.6) is 11.8 Å². The highest BCUT2D eigenvalue weighted by Gasteiger charge is 2.28. The lowest BCUT2D eigenvalue weighted by molar-refractivity contribution is -0.123. The van der Waals surface area contributed by atoms with Crippen LogP contribution in [0.2, 0.25) is 0 Å². The molecule has 0 saturated carbocycles. The van der Waals surface area contributed by atoms with Gasteiger partial charge in [-0.1, -0.05) is 0 Å². The SMILES string of the molecule is Cc1ccnc(Oc2ccc(NC(=O)[C@H]3NCCO[C@@H]3C)cc2)n1. The van der Waals surface area contributed by atoms with E-state index in [2.05, 4.69) is 20.6 Å². The molecule has 126 valence electrons. The first-order valence-electron chi connectivity index (χ1n) is 7.85. The molecule has 1 fully saturated rings. The summed E-state index contributed by atoms with van der Waals surface area (Å²) >= 11 is 0. The molecular weight excluding hydrogens is 308 g/mol. The molecule has 0 spiro atoms. The number of hydrogen-bond donors (Lipinski definition) is 2. The number of aromatic nitrogens is 2. The maximum Gasteiger partial charge on any atom is 0.322 e. The number of nitrogens with zero attached hydrogens (tertiary/aromatic N) is 2. The van der Waals surface area contributed by atoms with E-state index in [1.54, 1.807) is 36.5 Å². The third-order valence-corrected chi connectivity index (χ3v) is 3.70. The molecule has 2 aromatic rings. The van der Waals surface area contributed by atoms with Gasteiger partial charge < -0.3 is 20.1 Å². The van der Waals surface area contributed by atoms with Gasteiger partial charge >= 0.3 is 6.01 Å². The van der Waals surface area contributed by atoms with Gasteiger partial charge in [-0.25, -0.2) is 9.97 Å². The van der Waals surface area contributed by atoms with Gasteiger partial charge in [0.05, 0.1) is 12.7 Å². The average molecular weight is 328 g/mol. The van der Waals surface area contributed by atoms with Crippen LogP contribution in [0.4, 0.5) is 5.69 Å². The maximum absolute atomic E-state index is 12.3. The summed E-state index contributed by atoms with van der Waals surface area (Å²) in [5.74, 6) is 0.490. The van der Waals surface area contributed by atoms with Crippen LogP contribution < -0.4 is 15.4 Å². The zero-order valence-electron chi connectivity index (χ0n) is 13.7. The van der Waals surface area contributed by atoms with Crippen molar-refractivity contribution in [2.45, 2.75) is 26.0 Å². The summed E-state index contributed by atoms with van der Waals surface area (Å²) in [6.45, 7) is 5.05. The number of nitrogens with one attached hydrogen (secondary N) is 2. The third-order valence-electron chi connectivity index (χ3n) is 3.70. The molecule has 1 aliphatic rings. The number of anilines is 1. The normalized spacial score (nSPS) is 20.4. The molecule has 2 N–H and O–H groups in total. The van der Waals surface area contributed by atoms with E-state index < -0.39 is 0 Å². The molecule has 1 saturated heterocycles. The van der Waals surface area contributed by atoms with Gasteiger partial charge in [0.15, 0.2) is 0 Å². The first-order chi connectivity index (χ1) is 11.6. The summed E-state index contributed by atoms with van der Waals surface area (Å²) in [7, 11) is 0. The molecule has 1 aliphatic heterocycles. The number of morpholine rings is 1. The summed E-state index contributed by atoms with van der Waals surface area (Å²) in [5.41, 5.74) is 1.53. The molecule has 24 heavy (non-hydrogen) atoms. The van der Waals surface area contributed by atoms with Crippen molar-refractivity contribution in [1.82, 2.24) is 15.3 Å². The van der Waals surface area contributed by atoms with Gasteiger partial charge in [-0.2, -0.15) is 0 Å². The lowest BCUT2D eigenvalue weighted by atomic mass is 10.1. The Bertz CT molecular complexity index is 705. The van der Waals surface area contributed by atoms with Gasteiger partial charge in [-0.05, 0) is 44.2 Å². The first-order valence-corrected chi connectivity index (χ1v) is 7.85. The lowest BCUT2D eigenvalue weighted by Crippen LogP contribution is -2.53. The summed E-state index contributed by atoms with van der Waals surface area (Å²) < 4.78 is 11.1. The highest BCUT2D eigenvalue weighted by Crippen LogP contribution is 2.20. The van der Waals surface area contributed by atoms with E-state index >= 15 is 0 Å². The molecule has 1 aromatic carbocycles. The van der Waals surface area contributed by atoms with E-state index in [4.69, 9.17) is 9.47 Å². The van der Waals surface area contributed by atoms with Crippen molar-refractivity contribution < 1.29 is 14.3 Å². The van der Waals surface area contributed by atoms with Crippen LogP contribution in [-0.2, 0) is 9.53 Å². The summed E-state index contributed by atoms with van der Waals surface area (Å²) in [6.07, 6.45) is 1.49. The standard InChI is InChI=1S/C17H20N4O3/c1-11-7-8-19-17(20-11)24-14-5-3-13(4-6-14)21-16(22)15-12(2)23-10-9-18-15/h3-8,12,15,18H,9-10H2,1-2H3,(H,21,22)/t12-,15+/m1/s1. The van der Waals surface area contributed by atoms with E-state index in [0.29, 0.717) is 30.6 Å². The number of benzene rings is 1. The minimum Gasteiger partial charge on any atom is -0.424 e. The fraction of sp³-hybridized carbons (Fsp3) is 0.353. The zero-order chi connectivity index (χ0) is 16.9. The minimum atomic E-state index is -0.352. The zero-order valence-corrected chi connectivity index (χ0v) is 13.7. The van der Waals surface area contributed by atoms with E-state index in [1.165, 1.54) is 0 Å². The number of rotatable bonds is 4. The van der Waals surface area contributed by atoms with Crippen molar-refractivity contribution in [1.29, 1.82) is 0 Å². The van der Waals surface area contributed by atoms with E-state index in [0.717, 1.165) is 5.69 Å². The van der Waals surface area contributed by atoms with E-state index in [1.807, 2.05) is 13.8 Å². The second kappa shape index (κ2) is 7.37. The molecule has 0 radical (unpaired) electrons. The van der Waals surface area contributed by atoms with Gasteiger partial charge in [0, 0.05) is 24.1 Å². The molecular formula is C17H20N4O3. The predicted octanol–water partition coefficient (Wildman–Crippen LogP) is 1.89. The molecule has 2 atom stereocenters. The third kappa shape index (κ3) is 4.06. The number of aryl methyl sites for hydroxylation is 1. The molecule has 1 amide bonds. The lowest BCUT2D eigenvalue weighted by Gasteiger charge is -2.29. The quantitative estimate of drug-likeness (QED) is 0.891. The van der Waals surface area contributed by atoms with Crippen molar-refractivity contribution in [3.05, 3.63) is 42.2 Å². The summed E-state index contributed by atoms with van der Waals surface area (Å²) in [4.78, 5) is 20.5. The summed E-state index contributed by atoms with van der Waals surface area (Å²) in [5, 5.41) is 6.03. The van der Waals surface area contributed by atoms with Crippen molar-refractivity contribution in [2.75, 3.05) is 18.5 Å². The highest BCUT2D eigenvalue weighted by molar-refractivity contribution is 5.95. The van der Waals surface area contributed by atoms with Crippen LogP contribution in [-0.4, -0.2) is 41.2 Å². The molecule has 3 rings (SSSR count). The van der Waals surface area contributed by atoms with Crippen LogP contribution >= 0.6 is 0 Å². The van der Waals surface area contributed by atoms with Gasteiger partial charge in [-0.3, -0.25) is 4.79 Å². The molecule has 7 nitrogen and oxygen atoms in total. The molecule has 2 heterocycles. The first kappa shape index (κ1) is 16.4. The van der Waals surface area contributed by atoms with Gasteiger partial charge in [0.2, 0.25) is 5.91 Å². The Balaban J connectivity index is 1.61. The Morgan fingerprint density at radius 3 is 2.83 bits per heavy atom. The number of ether oxygens (including phenoxy) is 2. The number of hydrogen-bond acceptors (Lipinski definition) is 6. The van der Waals surface area contributed by atoms with Crippen molar-refractivity contribution >= 4 is 11.6 Å². The fourth-order valence-corrected chi connectivity index (χ4v) is 2.43. The molecule has 1 aromatic heterocycles. The predicted molar refractivity (Wildman–Crippen MR) is 89.1 cm³/mol. The highest BCUT2D eigenvalue weighted by atomic mass is 16.5. The minimum absolute atomic E-state index is 0.113. The monoisotopic (exact) mass is 328 g/mol. The van der Waals surface area contributed by atoms with E-state index in [9.17, 15) is 4.79 Å². The van der Waals surface area contributed by atoms with Crippen LogP contribution in [0.3, 0.4) is 0 Å². The van der Waals surface area contributed by atoms with Crippen LogP contribution in [0.1, 0.15) is 12.6 Å². The average Bonchev–Trinajstić information content (AvgIpc) is 2.57. The number of carbonyl (C=O) groups excluding carboxylic acids is 1. The van der Waals surface area contributed by atoms with Gasteiger partial charge in [0.1, 0.15) is 11.8 Å². The Kier molecular flexibility index (Phi) is 5.02. The van der Waals surface area contributed by atoms with Crippen molar-refractivity contribution in [2.24, 2.45) is 0 Å². The molecule has 0 aliphatic carbocycles. The van der Waals surface area contributed by atoms with Crippen molar-refractivity contribution in [3.63, 3.8) is 0 Å². The van der Waals surface area contributed by atoms with Crippen molar-refractivity contribution in [3.8, 4) is 11.8 Å². The van der Waals surface area contributed by atoms with E-state index in [-0.39, 0.29) is 18.1 Å². The molecule has 0 unspecified atom stereocenters. The Labute approximate surface area is 140 Å². The topological polar surface area (TPSA) is 85.4 Å².